The number of carbonyl (C=O) groups is 1. The van der Waals surface area contributed by atoms with Gasteiger partial charge in [-0.3, -0.25) is 4.79 Å². The largest absolute Gasteiger partial charge is 0.355 e. The van der Waals surface area contributed by atoms with E-state index in [-0.39, 0.29) is 5.91 Å². The molecule has 0 fully saturated rings. The second-order valence-electron chi connectivity index (χ2n) is 6.34. The molecule has 1 aliphatic carbocycles. The number of benzene rings is 1. The number of halogens is 1. The highest BCUT2D eigenvalue weighted by Gasteiger charge is 2.14. The van der Waals surface area contributed by atoms with Crippen molar-refractivity contribution >= 4 is 29.3 Å². The molecular formula is C19H23ClN4OS. The summed E-state index contributed by atoms with van der Waals surface area (Å²) in [5.41, 5.74) is 2.31. The lowest BCUT2D eigenvalue weighted by Crippen LogP contribution is -2.26. The predicted molar refractivity (Wildman–Crippen MR) is 106 cm³/mol. The molecule has 0 unspecified atom stereocenters. The summed E-state index contributed by atoms with van der Waals surface area (Å²) < 4.78 is 1.87. The van der Waals surface area contributed by atoms with Gasteiger partial charge in [0.1, 0.15) is 0 Å². The number of allylic oxidation sites excluding steroid dienone is 1. The summed E-state index contributed by atoms with van der Waals surface area (Å²) >= 11 is 7.61. The maximum atomic E-state index is 12.1. The zero-order chi connectivity index (χ0) is 18.4. The molecule has 1 aliphatic rings. The first-order valence-electron chi connectivity index (χ1n) is 8.87. The van der Waals surface area contributed by atoms with E-state index < -0.39 is 0 Å². The first kappa shape index (κ1) is 19.0. The van der Waals surface area contributed by atoms with E-state index in [0.717, 1.165) is 12.0 Å². The summed E-state index contributed by atoms with van der Waals surface area (Å²) in [6.45, 7) is 0.703. The van der Waals surface area contributed by atoms with E-state index in [9.17, 15) is 4.79 Å². The summed E-state index contributed by atoms with van der Waals surface area (Å²) in [6.07, 6.45) is 8.20. The van der Waals surface area contributed by atoms with Gasteiger partial charge in [0.05, 0.1) is 10.8 Å². The maximum Gasteiger partial charge on any atom is 0.230 e. The summed E-state index contributed by atoms with van der Waals surface area (Å²) in [6, 6.07) is 7.53. The number of thioether (sulfide) groups is 1. The average molecular weight is 391 g/mol. The molecule has 138 valence electrons. The van der Waals surface area contributed by atoms with E-state index in [2.05, 4.69) is 21.6 Å². The molecular weight excluding hydrogens is 368 g/mol. The third kappa shape index (κ3) is 4.89. The number of hydrogen-bond donors (Lipinski definition) is 1. The summed E-state index contributed by atoms with van der Waals surface area (Å²) in [7, 11) is 1.88. The maximum absolute atomic E-state index is 12.1. The quantitative estimate of drug-likeness (QED) is 0.567. The van der Waals surface area contributed by atoms with Crippen LogP contribution in [0.4, 0.5) is 0 Å². The number of nitrogens with zero attached hydrogens (tertiary/aromatic N) is 3. The fourth-order valence-electron chi connectivity index (χ4n) is 2.99. The van der Waals surface area contributed by atoms with Gasteiger partial charge >= 0.3 is 0 Å². The van der Waals surface area contributed by atoms with Gasteiger partial charge in [0.25, 0.3) is 0 Å². The van der Waals surface area contributed by atoms with Gasteiger partial charge in [-0.15, -0.1) is 10.2 Å². The highest BCUT2D eigenvalue weighted by atomic mass is 35.5. The molecule has 1 aromatic carbocycles. The van der Waals surface area contributed by atoms with Gasteiger partial charge in [0, 0.05) is 19.2 Å². The third-order valence-corrected chi connectivity index (χ3v) is 5.79. The van der Waals surface area contributed by atoms with Crippen molar-refractivity contribution in [2.75, 3.05) is 12.3 Å². The van der Waals surface area contributed by atoms with E-state index >= 15 is 0 Å². The standard InChI is InChI=1S/C19H23ClN4OS/c1-24-18(15-9-5-6-10-16(15)20)22-23-19(24)26-13-17(25)21-12-11-14-7-3-2-4-8-14/h5-7,9-10H,2-4,8,11-13H2,1H3,(H,21,25). The predicted octanol–water partition coefficient (Wildman–Crippen LogP) is 4.23. The van der Waals surface area contributed by atoms with Crippen LogP contribution in [0, 0.1) is 0 Å². The molecule has 0 atom stereocenters. The van der Waals surface area contributed by atoms with E-state index in [1.54, 1.807) is 0 Å². The molecule has 1 N–H and O–H groups in total. The van der Waals surface area contributed by atoms with Crippen molar-refractivity contribution in [3.05, 3.63) is 40.9 Å². The number of amides is 1. The molecule has 0 radical (unpaired) electrons. The van der Waals surface area contributed by atoms with Gasteiger partial charge in [0.2, 0.25) is 5.91 Å². The molecule has 5 nitrogen and oxygen atoms in total. The van der Waals surface area contributed by atoms with E-state index in [1.807, 2.05) is 35.9 Å². The SMILES string of the molecule is Cn1c(SCC(=O)NCCC2=CCCCC2)nnc1-c1ccccc1Cl. The molecule has 1 aromatic heterocycles. The molecule has 0 saturated heterocycles. The monoisotopic (exact) mass is 390 g/mol. The van der Waals surface area contributed by atoms with Crippen LogP contribution >= 0.6 is 23.4 Å². The Balaban J connectivity index is 1.49. The minimum absolute atomic E-state index is 0.0219. The van der Waals surface area contributed by atoms with Gasteiger partial charge in [-0.05, 0) is 44.2 Å². The second-order valence-corrected chi connectivity index (χ2v) is 7.69. The van der Waals surface area contributed by atoms with Crippen molar-refractivity contribution in [2.24, 2.45) is 7.05 Å². The van der Waals surface area contributed by atoms with Crippen molar-refractivity contribution in [3.63, 3.8) is 0 Å². The van der Waals surface area contributed by atoms with Gasteiger partial charge in [-0.2, -0.15) is 0 Å². The second kappa shape index (κ2) is 9.24. The van der Waals surface area contributed by atoms with Crippen LogP contribution in [0.3, 0.4) is 0 Å². The van der Waals surface area contributed by atoms with E-state index in [4.69, 9.17) is 11.6 Å². The summed E-state index contributed by atoms with van der Waals surface area (Å²) in [5, 5.41) is 12.7. The Kier molecular flexibility index (Phi) is 6.74. The number of hydrogen-bond acceptors (Lipinski definition) is 4. The first-order chi connectivity index (χ1) is 12.6. The fraction of sp³-hybridized carbons (Fsp3) is 0.421. The van der Waals surface area contributed by atoms with E-state index in [0.29, 0.717) is 28.3 Å². The summed E-state index contributed by atoms with van der Waals surface area (Å²) in [5.74, 6) is 1.05. The molecule has 0 bridgehead atoms. The highest BCUT2D eigenvalue weighted by Crippen LogP contribution is 2.28. The fourth-order valence-corrected chi connectivity index (χ4v) is 3.95. The van der Waals surface area contributed by atoms with Gasteiger partial charge in [-0.25, -0.2) is 0 Å². The van der Waals surface area contributed by atoms with Crippen molar-refractivity contribution in [2.45, 2.75) is 37.3 Å². The number of nitrogens with one attached hydrogen (secondary N) is 1. The molecule has 7 heteroatoms. The van der Waals surface area contributed by atoms with Gasteiger partial charge in [0.15, 0.2) is 11.0 Å². The molecule has 2 aromatic rings. The van der Waals surface area contributed by atoms with Crippen molar-refractivity contribution in [1.82, 2.24) is 20.1 Å². The minimum atomic E-state index is 0.0219. The first-order valence-corrected chi connectivity index (χ1v) is 10.2. The highest BCUT2D eigenvalue weighted by molar-refractivity contribution is 7.99. The van der Waals surface area contributed by atoms with Crippen LogP contribution < -0.4 is 5.32 Å². The van der Waals surface area contributed by atoms with Crippen molar-refractivity contribution in [1.29, 1.82) is 0 Å². The third-order valence-electron chi connectivity index (χ3n) is 4.44. The van der Waals surface area contributed by atoms with Crippen LogP contribution in [0.2, 0.25) is 5.02 Å². The number of aromatic nitrogens is 3. The van der Waals surface area contributed by atoms with Gasteiger partial charge in [-0.1, -0.05) is 47.1 Å². The van der Waals surface area contributed by atoms with Crippen LogP contribution in [0.5, 0.6) is 0 Å². The zero-order valence-corrected chi connectivity index (χ0v) is 16.4. The Morgan fingerprint density at radius 3 is 2.92 bits per heavy atom. The van der Waals surface area contributed by atoms with Gasteiger partial charge < -0.3 is 9.88 Å². The minimum Gasteiger partial charge on any atom is -0.355 e. The van der Waals surface area contributed by atoms with Crippen LogP contribution in [0.15, 0.2) is 41.1 Å². The Hall–Kier alpha value is -1.79. The number of rotatable bonds is 7. The average Bonchev–Trinajstić information content (AvgIpc) is 3.02. The lowest BCUT2D eigenvalue weighted by atomic mass is 9.97. The molecule has 26 heavy (non-hydrogen) atoms. The molecule has 1 amide bonds. The normalized spacial score (nSPS) is 14.2. The van der Waals surface area contributed by atoms with Crippen molar-refractivity contribution in [3.8, 4) is 11.4 Å². The Morgan fingerprint density at radius 2 is 2.15 bits per heavy atom. The van der Waals surface area contributed by atoms with Crippen LogP contribution in [0.25, 0.3) is 11.4 Å². The van der Waals surface area contributed by atoms with Crippen LogP contribution in [0.1, 0.15) is 32.1 Å². The van der Waals surface area contributed by atoms with Crippen LogP contribution in [-0.2, 0) is 11.8 Å². The van der Waals surface area contributed by atoms with E-state index in [1.165, 1.54) is 43.0 Å². The number of carbonyl (C=O) groups excluding carboxylic acids is 1. The topological polar surface area (TPSA) is 59.8 Å². The molecule has 1 heterocycles. The Bertz CT molecular complexity index is 803. The van der Waals surface area contributed by atoms with Crippen LogP contribution in [-0.4, -0.2) is 33.0 Å². The lowest BCUT2D eigenvalue weighted by Gasteiger charge is -2.12. The summed E-state index contributed by atoms with van der Waals surface area (Å²) in [4.78, 5) is 12.1. The molecule has 3 rings (SSSR count). The smallest absolute Gasteiger partial charge is 0.230 e. The Morgan fingerprint density at radius 1 is 1.31 bits per heavy atom. The lowest BCUT2D eigenvalue weighted by molar-refractivity contribution is -0.118. The molecule has 0 spiro atoms. The Labute approximate surface area is 163 Å². The molecule has 0 aliphatic heterocycles. The molecule has 0 saturated carbocycles. The van der Waals surface area contributed by atoms with Crippen molar-refractivity contribution < 1.29 is 4.79 Å². The zero-order valence-electron chi connectivity index (χ0n) is 14.9.